The molecule has 0 unspecified atom stereocenters. The first-order chi connectivity index (χ1) is 12.7. The smallest absolute Gasteiger partial charge is 0.230 e. The number of hydrogen-bond donors (Lipinski definition) is 1. The lowest BCUT2D eigenvalue weighted by molar-refractivity contribution is -0.115. The molecule has 0 atom stereocenters. The molecule has 0 radical (unpaired) electrons. The summed E-state index contributed by atoms with van der Waals surface area (Å²) >= 11 is 1.44. The van der Waals surface area contributed by atoms with Gasteiger partial charge in [0.25, 0.3) is 0 Å². The van der Waals surface area contributed by atoms with E-state index < -0.39 is 0 Å². The van der Waals surface area contributed by atoms with E-state index in [2.05, 4.69) is 26.0 Å². The zero-order valence-electron chi connectivity index (χ0n) is 13.8. The van der Waals surface area contributed by atoms with E-state index in [1.54, 1.807) is 4.68 Å². The summed E-state index contributed by atoms with van der Waals surface area (Å²) in [6.07, 6.45) is 2.03. The van der Waals surface area contributed by atoms with Gasteiger partial charge in [0.05, 0.1) is 12.1 Å². The van der Waals surface area contributed by atoms with Crippen LogP contribution < -0.4 is 5.32 Å². The third kappa shape index (κ3) is 3.16. The lowest BCUT2D eigenvalue weighted by Gasteiger charge is -2.07. The molecule has 0 fully saturated rings. The average Bonchev–Trinajstić information content (AvgIpc) is 3.29. The summed E-state index contributed by atoms with van der Waals surface area (Å²) in [5.41, 5.74) is 2.70. The van der Waals surface area contributed by atoms with Crippen LogP contribution in [0.15, 0.2) is 58.2 Å². The van der Waals surface area contributed by atoms with Crippen molar-refractivity contribution in [3.05, 3.63) is 54.2 Å². The van der Waals surface area contributed by atoms with Crippen LogP contribution in [0, 0.1) is 0 Å². The molecule has 2 aromatic carbocycles. The number of para-hydroxylation sites is 1. The molecule has 26 heavy (non-hydrogen) atoms. The maximum atomic E-state index is 12.4. The monoisotopic (exact) mass is 366 g/mol. The second-order valence-electron chi connectivity index (χ2n) is 5.48. The van der Waals surface area contributed by atoms with E-state index in [9.17, 15) is 4.79 Å². The summed E-state index contributed by atoms with van der Waals surface area (Å²) in [7, 11) is 0. The molecule has 1 N–H and O–H groups in total. The van der Waals surface area contributed by atoms with Crippen molar-refractivity contribution in [3.8, 4) is 5.69 Å². The van der Waals surface area contributed by atoms with Gasteiger partial charge in [-0.25, -0.2) is 0 Å². The van der Waals surface area contributed by atoms with Gasteiger partial charge in [0.2, 0.25) is 11.1 Å². The van der Waals surface area contributed by atoms with E-state index in [4.69, 9.17) is 4.52 Å². The van der Waals surface area contributed by atoms with Gasteiger partial charge >= 0.3 is 0 Å². The molecule has 4 aromatic rings. The van der Waals surface area contributed by atoms with Gasteiger partial charge in [0.1, 0.15) is 5.69 Å². The number of nitrogens with one attached hydrogen (secondary N) is 1. The van der Waals surface area contributed by atoms with Crippen molar-refractivity contribution in [2.75, 3.05) is 11.6 Å². The summed E-state index contributed by atoms with van der Waals surface area (Å²) in [4.78, 5) is 12.4. The van der Waals surface area contributed by atoms with Gasteiger partial charge < -0.3 is 9.84 Å². The molecule has 0 aliphatic carbocycles. The Kier molecular flexibility index (Phi) is 4.36. The molecule has 0 saturated carbocycles. The first kappa shape index (κ1) is 16.3. The highest BCUT2D eigenvalue weighted by Gasteiger charge is 2.13. The molecule has 0 spiro atoms. The summed E-state index contributed by atoms with van der Waals surface area (Å²) in [5, 5.41) is 20.0. The van der Waals surface area contributed by atoms with Gasteiger partial charge in [-0.2, -0.15) is 4.68 Å². The number of fused-ring (bicyclic) bond motifs is 1. The van der Waals surface area contributed by atoms with Gasteiger partial charge in [-0.3, -0.25) is 4.79 Å². The molecule has 0 aliphatic heterocycles. The molecule has 8 nitrogen and oxygen atoms in total. The van der Waals surface area contributed by atoms with Gasteiger partial charge in [0, 0.05) is 11.1 Å². The van der Waals surface area contributed by atoms with Crippen molar-refractivity contribution in [2.45, 2.75) is 11.6 Å². The zero-order valence-corrected chi connectivity index (χ0v) is 14.6. The van der Waals surface area contributed by atoms with E-state index in [0.717, 1.165) is 11.1 Å². The highest BCUT2D eigenvalue weighted by Crippen LogP contribution is 2.20. The maximum absolute atomic E-state index is 12.4. The van der Waals surface area contributed by atoms with Crippen molar-refractivity contribution in [1.82, 2.24) is 25.4 Å². The van der Waals surface area contributed by atoms with Crippen LogP contribution >= 0.6 is 11.8 Å². The van der Waals surface area contributed by atoms with E-state index in [1.807, 2.05) is 54.8 Å². The highest BCUT2D eigenvalue weighted by atomic mass is 32.2. The van der Waals surface area contributed by atoms with Crippen molar-refractivity contribution in [2.24, 2.45) is 0 Å². The molecule has 130 valence electrons. The Morgan fingerprint density at radius 1 is 1.23 bits per heavy atom. The minimum Gasteiger partial charge on any atom is -0.356 e. The first-order valence-electron chi connectivity index (χ1n) is 7.80. The van der Waals surface area contributed by atoms with Crippen molar-refractivity contribution < 1.29 is 9.32 Å². The number of rotatable bonds is 5. The average molecular weight is 366 g/mol. The quantitative estimate of drug-likeness (QED) is 0.542. The number of nitrogens with zero attached hydrogens (tertiary/aromatic N) is 5. The molecular formula is C17H14N6O2S. The molecule has 4 rings (SSSR count). The van der Waals surface area contributed by atoms with Crippen LogP contribution in [-0.4, -0.2) is 37.5 Å². The number of hydrogen-bond acceptors (Lipinski definition) is 7. The molecule has 0 aliphatic rings. The van der Waals surface area contributed by atoms with Crippen molar-refractivity contribution in [3.63, 3.8) is 0 Å². The fraction of sp³-hybridized carbons (Fsp3) is 0.118. The predicted molar refractivity (Wildman–Crippen MR) is 97.3 cm³/mol. The Labute approximate surface area is 152 Å². The van der Waals surface area contributed by atoms with Crippen LogP contribution in [0.25, 0.3) is 16.7 Å². The number of aromatic nitrogens is 5. The molecule has 2 aromatic heterocycles. The van der Waals surface area contributed by atoms with Gasteiger partial charge in [-0.1, -0.05) is 35.1 Å². The van der Waals surface area contributed by atoms with Crippen LogP contribution in [0.3, 0.4) is 0 Å². The van der Waals surface area contributed by atoms with Gasteiger partial charge in [0.15, 0.2) is 5.58 Å². The molecule has 0 bridgehead atoms. The fourth-order valence-electron chi connectivity index (χ4n) is 2.61. The number of carbonyl (C=O) groups excluding carboxylic acids is 1. The van der Waals surface area contributed by atoms with E-state index in [1.165, 1.54) is 11.8 Å². The Bertz CT molecular complexity index is 1070. The minimum atomic E-state index is -0.178. The third-order valence-corrected chi connectivity index (χ3v) is 4.40. The normalized spacial score (nSPS) is 11.0. The Balaban J connectivity index is 1.52. The Morgan fingerprint density at radius 3 is 3.00 bits per heavy atom. The lowest BCUT2D eigenvalue weighted by Crippen LogP contribution is -2.15. The lowest BCUT2D eigenvalue weighted by atomic mass is 10.1. The fourth-order valence-corrected chi connectivity index (χ4v) is 3.04. The van der Waals surface area contributed by atoms with Crippen molar-refractivity contribution >= 4 is 34.3 Å². The number of tetrazole rings is 1. The van der Waals surface area contributed by atoms with Crippen LogP contribution in [0.5, 0.6) is 0 Å². The van der Waals surface area contributed by atoms with Gasteiger partial charge in [-0.05, 0) is 47.0 Å². The van der Waals surface area contributed by atoms with Crippen LogP contribution in [0.4, 0.5) is 5.69 Å². The highest BCUT2D eigenvalue weighted by molar-refractivity contribution is 7.98. The summed E-state index contributed by atoms with van der Waals surface area (Å²) < 4.78 is 6.85. The molecule has 2 heterocycles. The predicted octanol–water partition coefficient (Wildman–Crippen LogP) is 2.71. The van der Waals surface area contributed by atoms with Gasteiger partial charge in [-0.15, -0.1) is 5.10 Å². The standard InChI is InChI=1S/C17H14N6O2S/c1-26-17-19-21-22-23(17)12-6-4-5-11(9-12)18-16(24)10-14-13-7-2-3-8-15(13)25-20-14/h2-9H,10H2,1H3,(H,18,24). The summed E-state index contributed by atoms with van der Waals surface area (Å²) in [6.45, 7) is 0. The minimum absolute atomic E-state index is 0.127. The number of amides is 1. The summed E-state index contributed by atoms with van der Waals surface area (Å²) in [5.74, 6) is -0.178. The van der Waals surface area contributed by atoms with E-state index in [0.29, 0.717) is 22.1 Å². The molecule has 0 saturated heterocycles. The number of benzene rings is 2. The van der Waals surface area contributed by atoms with Crippen LogP contribution in [0.2, 0.25) is 0 Å². The largest absolute Gasteiger partial charge is 0.356 e. The third-order valence-electron chi connectivity index (χ3n) is 3.78. The first-order valence-corrected chi connectivity index (χ1v) is 9.03. The number of thioether (sulfide) groups is 1. The zero-order chi connectivity index (χ0) is 17.9. The summed E-state index contributed by atoms with van der Waals surface area (Å²) in [6, 6.07) is 14.8. The molecular weight excluding hydrogens is 352 g/mol. The second kappa shape index (κ2) is 6.96. The topological polar surface area (TPSA) is 98.7 Å². The Morgan fingerprint density at radius 2 is 2.12 bits per heavy atom. The molecule has 9 heteroatoms. The Hall–Kier alpha value is -3.20. The maximum Gasteiger partial charge on any atom is 0.230 e. The van der Waals surface area contributed by atoms with E-state index >= 15 is 0 Å². The SMILES string of the molecule is CSc1nnnn1-c1cccc(NC(=O)Cc2noc3ccccc23)c1. The molecule has 1 amide bonds. The van der Waals surface area contributed by atoms with Crippen LogP contribution in [0.1, 0.15) is 5.69 Å². The van der Waals surface area contributed by atoms with E-state index in [-0.39, 0.29) is 12.3 Å². The second-order valence-corrected chi connectivity index (χ2v) is 6.25. The number of anilines is 1. The van der Waals surface area contributed by atoms with Crippen LogP contribution in [-0.2, 0) is 11.2 Å². The number of carbonyl (C=O) groups is 1. The van der Waals surface area contributed by atoms with Crippen molar-refractivity contribution in [1.29, 1.82) is 0 Å².